The third-order valence-corrected chi connectivity index (χ3v) is 4.79. The maximum atomic E-state index is 10.8. The first-order valence-electron chi connectivity index (χ1n) is 6.70. The Morgan fingerprint density at radius 2 is 2.22 bits per heavy atom. The molecule has 0 saturated carbocycles. The highest BCUT2D eigenvalue weighted by molar-refractivity contribution is 5.14. The summed E-state index contributed by atoms with van der Waals surface area (Å²) in [5.74, 6) is -0.741. The summed E-state index contributed by atoms with van der Waals surface area (Å²) in [5, 5.41) is 10.8. The molecule has 1 aromatic heterocycles. The van der Waals surface area contributed by atoms with Crippen molar-refractivity contribution in [3.05, 3.63) is 30.1 Å². The number of quaternary nitrogens is 1. The maximum Gasteiger partial charge on any atom is 0.242 e. The van der Waals surface area contributed by atoms with Gasteiger partial charge in [0.25, 0.3) is 0 Å². The van der Waals surface area contributed by atoms with Gasteiger partial charge in [-0.15, -0.1) is 0 Å². The molecule has 5 heteroatoms. The Morgan fingerprint density at radius 1 is 1.39 bits per heavy atom. The Kier molecular flexibility index (Phi) is 2.26. The van der Waals surface area contributed by atoms with E-state index in [1.165, 1.54) is 4.90 Å². The fourth-order valence-electron chi connectivity index (χ4n) is 3.90. The third-order valence-electron chi connectivity index (χ3n) is 4.79. The summed E-state index contributed by atoms with van der Waals surface area (Å²) in [6.45, 7) is 2.26. The van der Waals surface area contributed by atoms with E-state index in [0.717, 1.165) is 31.6 Å². The topological polar surface area (TPSA) is 58.8 Å². The van der Waals surface area contributed by atoms with E-state index in [1.54, 1.807) is 6.20 Å². The normalized spacial score (nSPS) is 46.1. The molecule has 1 aromatic rings. The summed E-state index contributed by atoms with van der Waals surface area (Å²) in [7, 11) is 0. The number of aromatic nitrogens is 1. The standard InChI is InChI=1S/C13H17N3O2/c17-13-9-4-7-16(8-5-9)12(13)11(15-18-13)10-3-1-2-6-14-10/h1-3,6,9,11-12,15,17H,4-5,7-8H2/p+1. The molecule has 0 amide bonds. The third kappa shape index (κ3) is 1.33. The van der Waals surface area contributed by atoms with E-state index in [4.69, 9.17) is 4.84 Å². The summed E-state index contributed by atoms with van der Waals surface area (Å²) >= 11 is 0. The van der Waals surface area contributed by atoms with Crippen molar-refractivity contribution in [3.8, 4) is 0 Å². The number of rotatable bonds is 1. The number of nitrogens with zero attached hydrogens (tertiary/aromatic N) is 1. The van der Waals surface area contributed by atoms with E-state index in [1.807, 2.05) is 18.2 Å². The molecule has 4 fully saturated rings. The predicted molar refractivity (Wildman–Crippen MR) is 63.4 cm³/mol. The molecule has 3 atom stereocenters. The first kappa shape index (κ1) is 10.9. The zero-order valence-electron chi connectivity index (χ0n) is 10.2. The number of hydrogen-bond donors (Lipinski definition) is 3. The van der Waals surface area contributed by atoms with Crippen LogP contribution in [0.2, 0.25) is 0 Å². The highest BCUT2D eigenvalue weighted by Crippen LogP contribution is 2.41. The van der Waals surface area contributed by atoms with Gasteiger partial charge in [-0.3, -0.25) is 9.82 Å². The Hall–Kier alpha value is -1.01. The number of nitrogens with one attached hydrogen (secondary N) is 2. The number of hydrogen-bond acceptors (Lipinski definition) is 4. The van der Waals surface area contributed by atoms with Crippen LogP contribution in [0.3, 0.4) is 0 Å². The second-order valence-electron chi connectivity index (χ2n) is 5.61. The number of piperidine rings is 3. The van der Waals surface area contributed by atoms with E-state index >= 15 is 0 Å². The molecular formula is C13H18N3O2+. The van der Waals surface area contributed by atoms with Gasteiger partial charge in [-0.25, -0.2) is 0 Å². The molecule has 5 rings (SSSR count). The van der Waals surface area contributed by atoms with Crippen molar-refractivity contribution < 1.29 is 14.8 Å². The highest BCUT2D eigenvalue weighted by atomic mass is 16.8. The highest BCUT2D eigenvalue weighted by Gasteiger charge is 2.65. The van der Waals surface area contributed by atoms with Gasteiger partial charge in [-0.2, -0.15) is 5.48 Å². The van der Waals surface area contributed by atoms with Crippen LogP contribution in [0.4, 0.5) is 0 Å². The first-order valence-corrected chi connectivity index (χ1v) is 6.70. The Labute approximate surface area is 106 Å². The molecule has 0 radical (unpaired) electrons. The average molecular weight is 248 g/mol. The van der Waals surface area contributed by atoms with Crippen molar-refractivity contribution in [2.45, 2.75) is 30.7 Å². The molecule has 4 saturated heterocycles. The van der Waals surface area contributed by atoms with Crippen molar-refractivity contribution >= 4 is 0 Å². The summed E-state index contributed by atoms with van der Waals surface area (Å²) in [6, 6.07) is 5.95. The summed E-state index contributed by atoms with van der Waals surface area (Å²) in [5.41, 5.74) is 3.98. The van der Waals surface area contributed by atoms with Gasteiger partial charge < -0.3 is 10.0 Å². The number of aliphatic hydroxyl groups is 1. The number of pyridine rings is 1. The summed E-state index contributed by atoms with van der Waals surface area (Å²) in [6.07, 6.45) is 3.90. The van der Waals surface area contributed by atoms with Gasteiger partial charge in [0.1, 0.15) is 6.04 Å². The molecule has 18 heavy (non-hydrogen) atoms. The van der Waals surface area contributed by atoms with Crippen molar-refractivity contribution in [1.29, 1.82) is 0 Å². The van der Waals surface area contributed by atoms with Gasteiger partial charge in [0.05, 0.1) is 18.8 Å². The lowest BCUT2D eigenvalue weighted by molar-refractivity contribution is -0.955. The Balaban J connectivity index is 1.72. The zero-order chi connectivity index (χ0) is 12.2. The van der Waals surface area contributed by atoms with Crippen LogP contribution in [-0.4, -0.2) is 35.0 Å². The number of hydroxylamine groups is 1. The average Bonchev–Trinajstić information content (AvgIpc) is 2.81. The van der Waals surface area contributed by atoms with E-state index in [0.29, 0.717) is 0 Å². The molecular weight excluding hydrogens is 230 g/mol. The molecule has 5 nitrogen and oxygen atoms in total. The van der Waals surface area contributed by atoms with Gasteiger partial charge in [-0.05, 0) is 12.1 Å². The van der Waals surface area contributed by atoms with Gasteiger partial charge in [-0.1, -0.05) is 6.07 Å². The molecule has 96 valence electrons. The molecule has 0 aromatic carbocycles. The monoisotopic (exact) mass is 248 g/mol. The smallest absolute Gasteiger partial charge is 0.242 e. The molecule has 4 aliphatic heterocycles. The fraction of sp³-hybridized carbons (Fsp3) is 0.615. The summed E-state index contributed by atoms with van der Waals surface area (Å²) < 4.78 is 0. The molecule has 0 aliphatic carbocycles. The Bertz CT molecular complexity index is 447. The first-order chi connectivity index (χ1) is 8.79. The van der Waals surface area contributed by atoms with Crippen LogP contribution in [0.5, 0.6) is 0 Å². The fourth-order valence-corrected chi connectivity index (χ4v) is 3.90. The van der Waals surface area contributed by atoms with Crippen LogP contribution in [0.15, 0.2) is 24.4 Å². The van der Waals surface area contributed by atoms with Crippen molar-refractivity contribution in [1.82, 2.24) is 10.5 Å². The lowest BCUT2D eigenvalue weighted by Gasteiger charge is -2.48. The van der Waals surface area contributed by atoms with Crippen LogP contribution in [-0.2, 0) is 4.84 Å². The lowest BCUT2D eigenvalue weighted by Crippen LogP contribution is -3.21. The minimum absolute atomic E-state index is 0.00528. The minimum atomic E-state index is -1.01. The van der Waals surface area contributed by atoms with Crippen molar-refractivity contribution in [3.63, 3.8) is 0 Å². The van der Waals surface area contributed by atoms with Crippen LogP contribution in [0, 0.1) is 5.92 Å². The molecule has 5 heterocycles. The number of fused-ring (bicyclic) bond motifs is 2. The van der Waals surface area contributed by atoms with Gasteiger partial charge in [0.15, 0.2) is 6.04 Å². The van der Waals surface area contributed by atoms with Gasteiger partial charge >= 0.3 is 0 Å². The SMILES string of the molecule is OC12ONC(c3ccccn3)C1[NH+]1CCC2CC1. The molecule has 3 unspecified atom stereocenters. The van der Waals surface area contributed by atoms with Crippen LogP contribution < -0.4 is 10.4 Å². The van der Waals surface area contributed by atoms with Crippen LogP contribution >= 0.6 is 0 Å². The van der Waals surface area contributed by atoms with E-state index in [2.05, 4.69) is 10.5 Å². The molecule has 0 spiro atoms. The van der Waals surface area contributed by atoms with E-state index < -0.39 is 5.79 Å². The van der Waals surface area contributed by atoms with Crippen molar-refractivity contribution in [2.24, 2.45) is 5.92 Å². The van der Waals surface area contributed by atoms with Crippen LogP contribution in [0.1, 0.15) is 24.6 Å². The Morgan fingerprint density at radius 3 is 2.94 bits per heavy atom. The lowest BCUT2D eigenvalue weighted by atomic mass is 9.75. The van der Waals surface area contributed by atoms with Gasteiger partial charge in [0.2, 0.25) is 5.79 Å². The van der Waals surface area contributed by atoms with Crippen molar-refractivity contribution in [2.75, 3.05) is 13.1 Å². The van der Waals surface area contributed by atoms with E-state index in [9.17, 15) is 5.11 Å². The van der Waals surface area contributed by atoms with E-state index in [-0.39, 0.29) is 18.0 Å². The quantitative estimate of drug-likeness (QED) is 0.598. The minimum Gasteiger partial charge on any atom is -0.359 e. The summed E-state index contributed by atoms with van der Waals surface area (Å²) in [4.78, 5) is 11.4. The predicted octanol–water partition coefficient (Wildman–Crippen LogP) is -0.977. The maximum absolute atomic E-state index is 10.8. The second kappa shape index (κ2) is 3.74. The zero-order valence-corrected chi connectivity index (χ0v) is 10.2. The van der Waals surface area contributed by atoms with Gasteiger partial charge in [0, 0.05) is 25.0 Å². The molecule has 4 aliphatic rings. The molecule has 3 N–H and O–H groups in total. The largest absolute Gasteiger partial charge is 0.359 e. The second-order valence-corrected chi connectivity index (χ2v) is 5.61. The van der Waals surface area contributed by atoms with Crippen LogP contribution in [0.25, 0.3) is 0 Å². The molecule has 2 bridgehead atoms.